The van der Waals surface area contributed by atoms with Crippen molar-refractivity contribution in [2.45, 2.75) is 31.8 Å². The van der Waals surface area contributed by atoms with Crippen molar-refractivity contribution in [1.82, 2.24) is 20.5 Å². The average Bonchev–Trinajstić information content (AvgIpc) is 2.59. The second-order valence-corrected chi connectivity index (χ2v) is 7.18. The molecule has 0 saturated heterocycles. The van der Waals surface area contributed by atoms with Crippen molar-refractivity contribution in [1.29, 1.82) is 0 Å². The fraction of sp³-hybridized carbons (Fsp3) is 0.474. The highest BCUT2D eigenvalue weighted by Crippen LogP contribution is 2.11. The molecular formula is C19H30N4O2S. The summed E-state index contributed by atoms with van der Waals surface area (Å²) in [6.45, 7) is 6.29. The number of hydrogen-bond acceptors (Lipinski definition) is 4. The molecule has 2 unspecified atom stereocenters. The first kappa shape index (κ1) is 22.1. The topological polar surface area (TPSA) is 77.2 Å². The van der Waals surface area contributed by atoms with E-state index in [4.69, 9.17) is 0 Å². The van der Waals surface area contributed by atoms with E-state index in [-0.39, 0.29) is 23.7 Å². The Hall–Kier alpha value is -1.99. The number of aromatic nitrogens is 1. The van der Waals surface area contributed by atoms with Crippen molar-refractivity contribution in [3.05, 3.63) is 57.9 Å². The van der Waals surface area contributed by atoms with Crippen LogP contribution in [0, 0.1) is 0 Å². The van der Waals surface area contributed by atoms with Gasteiger partial charge in [0.05, 0.1) is 0 Å². The van der Waals surface area contributed by atoms with Crippen LogP contribution in [0.3, 0.4) is 0 Å². The minimum absolute atomic E-state index is 0.0170. The molecule has 1 heterocycles. The van der Waals surface area contributed by atoms with Crippen molar-refractivity contribution in [2.24, 2.45) is 0 Å². The van der Waals surface area contributed by atoms with Gasteiger partial charge in [-0.1, -0.05) is 18.7 Å². The van der Waals surface area contributed by atoms with E-state index in [1.165, 1.54) is 6.07 Å². The van der Waals surface area contributed by atoms with Crippen LogP contribution in [0.2, 0.25) is 0 Å². The summed E-state index contributed by atoms with van der Waals surface area (Å²) < 4.78 is 0. The summed E-state index contributed by atoms with van der Waals surface area (Å²) in [5.74, 6) is 0. The maximum Gasteiger partial charge on any atom is 0.315 e. The van der Waals surface area contributed by atoms with E-state index in [0.29, 0.717) is 6.54 Å². The van der Waals surface area contributed by atoms with Gasteiger partial charge in [-0.15, -0.1) is 11.8 Å². The van der Waals surface area contributed by atoms with E-state index in [2.05, 4.69) is 27.1 Å². The number of aromatic amines is 1. The molecule has 0 bridgehead atoms. The summed E-state index contributed by atoms with van der Waals surface area (Å²) in [7, 11) is 3.95. The van der Waals surface area contributed by atoms with Crippen LogP contribution in [-0.2, 0) is 6.42 Å². The molecule has 1 aromatic heterocycles. The minimum atomic E-state index is -0.182. The molecule has 0 aliphatic carbocycles. The lowest BCUT2D eigenvalue weighted by atomic mass is 10.1. The fourth-order valence-corrected chi connectivity index (χ4v) is 3.00. The second kappa shape index (κ2) is 11.6. The number of carbonyl (C=O) groups excluding carboxylic acids is 1. The van der Waals surface area contributed by atoms with Gasteiger partial charge in [0, 0.05) is 30.9 Å². The lowest BCUT2D eigenvalue weighted by Crippen LogP contribution is -2.47. The predicted octanol–water partition coefficient (Wildman–Crippen LogP) is 2.36. The molecule has 0 aliphatic heterocycles. The molecule has 0 radical (unpaired) electrons. The summed E-state index contributed by atoms with van der Waals surface area (Å²) in [5, 5.41) is 7.93. The minimum Gasteiger partial charge on any atom is -0.337 e. The highest BCUT2D eigenvalue weighted by atomic mass is 32.2. The number of pyridine rings is 1. The zero-order valence-corrected chi connectivity index (χ0v) is 16.9. The maximum absolute atomic E-state index is 12.2. The Morgan fingerprint density at radius 1 is 1.42 bits per heavy atom. The van der Waals surface area contributed by atoms with Crippen LogP contribution in [0.25, 0.3) is 0 Å². The molecule has 3 N–H and O–H groups in total. The average molecular weight is 379 g/mol. The number of rotatable bonds is 10. The Balaban J connectivity index is 2.51. The smallest absolute Gasteiger partial charge is 0.315 e. The molecule has 0 aliphatic rings. The monoisotopic (exact) mass is 378 g/mol. The van der Waals surface area contributed by atoms with E-state index in [9.17, 15) is 9.59 Å². The van der Waals surface area contributed by atoms with Crippen molar-refractivity contribution < 1.29 is 4.79 Å². The van der Waals surface area contributed by atoms with Gasteiger partial charge in [0.25, 0.3) is 0 Å². The summed E-state index contributed by atoms with van der Waals surface area (Å²) in [4.78, 5) is 28.1. The van der Waals surface area contributed by atoms with Crippen LogP contribution < -0.4 is 16.2 Å². The fourth-order valence-electron chi connectivity index (χ4n) is 2.50. The van der Waals surface area contributed by atoms with Gasteiger partial charge in [0.15, 0.2) is 0 Å². The van der Waals surface area contributed by atoms with Gasteiger partial charge in [0.2, 0.25) is 5.56 Å². The van der Waals surface area contributed by atoms with Gasteiger partial charge in [-0.3, -0.25) is 4.79 Å². The van der Waals surface area contributed by atoms with Crippen molar-refractivity contribution in [3.8, 4) is 0 Å². The molecule has 6 nitrogen and oxygen atoms in total. The standard InChI is InChI=1S/C19H30N4O2S/c1-6-15(13-26-5)9-14(2)22-19(25)21-12-17(23(3)4)10-16-7-8-18(24)20-11-16/h6-8,11,13-14,17H,1,9-10,12H2,2-5H3,(H,20,24)(H2,21,22,25)/b15-13+. The normalized spacial score (nSPS) is 14.0. The molecule has 2 amide bonds. The van der Waals surface area contributed by atoms with E-state index < -0.39 is 0 Å². The molecular weight excluding hydrogens is 348 g/mol. The number of thioether (sulfide) groups is 1. The van der Waals surface area contributed by atoms with Crippen LogP contribution in [0.4, 0.5) is 4.79 Å². The Morgan fingerprint density at radius 3 is 2.69 bits per heavy atom. The van der Waals surface area contributed by atoms with Gasteiger partial charge in [-0.05, 0) is 56.7 Å². The number of allylic oxidation sites excluding steroid dienone is 1. The first-order valence-electron chi connectivity index (χ1n) is 8.58. The lowest BCUT2D eigenvalue weighted by molar-refractivity contribution is 0.229. The number of urea groups is 1. The van der Waals surface area contributed by atoms with Crippen molar-refractivity contribution in [3.63, 3.8) is 0 Å². The summed E-state index contributed by atoms with van der Waals surface area (Å²) in [6.07, 6.45) is 7.01. The zero-order chi connectivity index (χ0) is 19.5. The molecule has 2 atom stereocenters. The van der Waals surface area contributed by atoms with E-state index in [1.54, 1.807) is 18.0 Å². The van der Waals surface area contributed by atoms with Crippen LogP contribution >= 0.6 is 11.8 Å². The maximum atomic E-state index is 12.2. The number of H-pyrrole nitrogens is 1. The predicted molar refractivity (Wildman–Crippen MR) is 111 cm³/mol. The number of amides is 2. The van der Waals surface area contributed by atoms with Crippen molar-refractivity contribution in [2.75, 3.05) is 26.9 Å². The van der Waals surface area contributed by atoms with Crippen LogP contribution in [0.1, 0.15) is 18.9 Å². The number of nitrogens with zero attached hydrogens (tertiary/aromatic N) is 1. The highest BCUT2D eigenvalue weighted by molar-refractivity contribution is 8.01. The number of carbonyl (C=O) groups is 1. The largest absolute Gasteiger partial charge is 0.337 e. The van der Waals surface area contributed by atoms with Gasteiger partial charge in [0.1, 0.15) is 0 Å². The summed E-state index contributed by atoms with van der Waals surface area (Å²) in [6, 6.07) is 3.29. The number of likely N-dealkylation sites (N-methyl/N-ethyl adjacent to an activating group) is 1. The molecule has 26 heavy (non-hydrogen) atoms. The quantitative estimate of drug-likeness (QED) is 0.546. The van der Waals surface area contributed by atoms with Crippen LogP contribution in [-0.4, -0.2) is 54.9 Å². The number of nitrogens with one attached hydrogen (secondary N) is 3. The molecule has 0 saturated carbocycles. The van der Waals surface area contributed by atoms with Gasteiger partial charge in [-0.25, -0.2) is 4.79 Å². The summed E-state index contributed by atoms with van der Waals surface area (Å²) >= 11 is 1.63. The molecule has 1 rings (SSSR count). The Bertz CT molecular complexity index is 649. The van der Waals surface area contributed by atoms with Crippen LogP contribution in [0.5, 0.6) is 0 Å². The first-order valence-corrected chi connectivity index (χ1v) is 9.87. The molecule has 144 valence electrons. The van der Waals surface area contributed by atoms with E-state index in [0.717, 1.165) is 24.0 Å². The first-order chi connectivity index (χ1) is 12.3. The molecule has 0 aromatic carbocycles. The SMILES string of the molecule is C=C/C(=C\SC)CC(C)NC(=O)NCC(Cc1ccc(=O)[nH]c1)N(C)C. The third-order valence-corrected chi connectivity index (χ3v) is 4.54. The van der Waals surface area contributed by atoms with E-state index >= 15 is 0 Å². The zero-order valence-electron chi connectivity index (χ0n) is 16.0. The molecule has 7 heteroatoms. The third-order valence-electron chi connectivity index (χ3n) is 4.00. The van der Waals surface area contributed by atoms with Gasteiger partial charge in [-0.2, -0.15) is 0 Å². The Kier molecular flexibility index (Phi) is 9.83. The Morgan fingerprint density at radius 2 is 2.15 bits per heavy atom. The second-order valence-electron chi connectivity index (χ2n) is 6.47. The lowest BCUT2D eigenvalue weighted by Gasteiger charge is -2.25. The highest BCUT2D eigenvalue weighted by Gasteiger charge is 2.15. The van der Waals surface area contributed by atoms with Crippen molar-refractivity contribution >= 4 is 17.8 Å². The summed E-state index contributed by atoms with van der Waals surface area (Å²) in [5.41, 5.74) is 2.02. The molecule has 0 spiro atoms. The van der Waals surface area contributed by atoms with Crippen LogP contribution in [0.15, 0.2) is 46.8 Å². The Labute approximate surface area is 160 Å². The number of hydrogen-bond donors (Lipinski definition) is 3. The van der Waals surface area contributed by atoms with E-state index in [1.807, 2.05) is 44.8 Å². The molecule has 0 fully saturated rings. The molecule has 1 aromatic rings. The van der Waals surface area contributed by atoms with Gasteiger partial charge >= 0.3 is 6.03 Å². The van der Waals surface area contributed by atoms with Gasteiger partial charge < -0.3 is 20.5 Å². The third kappa shape index (κ3) is 8.40.